The quantitative estimate of drug-likeness (QED) is 0.646. The van der Waals surface area contributed by atoms with Crippen molar-refractivity contribution in [3.63, 3.8) is 0 Å². The van der Waals surface area contributed by atoms with Gasteiger partial charge in [0.05, 0.1) is 6.04 Å². The summed E-state index contributed by atoms with van der Waals surface area (Å²) in [5, 5.41) is 10.0. The van der Waals surface area contributed by atoms with Crippen LogP contribution < -0.4 is 0 Å². The third kappa shape index (κ3) is 4.46. The summed E-state index contributed by atoms with van der Waals surface area (Å²) >= 11 is 0. The summed E-state index contributed by atoms with van der Waals surface area (Å²) in [6.45, 7) is 7.02. The second-order valence-corrected chi connectivity index (χ2v) is 10.1. The number of nitrogens with zero attached hydrogens (tertiary/aromatic N) is 5. The van der Waals surface area contributed by atoms with Crippen LogP contribution in [0.2, 0.25) is 0 Å². The third-order valence-corrected chi connectivity index (χ3v) is 6.44. The van der Waals surface area contributed by atoms with Crippen LogP contribution in [0.4, 0.5) is 9.59 Å². The lowest BCUT2D eigenvalue weighted by Gasteiger charge is -2.28. The van der Waals surface area contributed by atoms with E-state index in [-0.39, 0.29) is 30.2 Å². The Balaban J connectivity index is 1.26. The van der Waals surface area contributed by atoms with Crippen molar-refractivity contribution in [2.75, 3.05) is 13.1 Å². The van der Waals surface area contributed by atoms with E-state index in [1.165, 1.54) is 5.06 Å². The van der Waals surface area contributed by atoms with Crippen LogP contribution in [0.1, 0.15) is 75.9 Å². The van der Waals surface area contributed by atoms with Crippen LogP contribution in [-0.2, 0) is 16.2 Å². The molecule has 3 aliphatic heterocycles. The Morgan fingerprint density at radius 3 is 2.56 bits per heavy atom. The Morgan fingerprint density at radius 1 is 1.09 bits per heavy atom. The van der Waals surface area contributed by atoms with Gasteiger partial charge < -0.3 is 14.1 Å². The maximum Gasteiger partial charge on any atom is 0.410 e. The number of hydrogen-bond donors (Lipinski definition) is 0. The first-order valence-electron chi connectivity index (χ1n) is 11.9. The molecule has 0 radical (unpaired) electrons. The fourth-order valence-corrected chi connectivity index (χ4v) is 4.85. The molecule has 3 saturated heterocycles. The Hall–Kier alpha value is -3.14. The molecule has 34 heavy (non-hydrogen) atoms. The third-order valence-electron chi connectivity index (χ3n) is 6.44. The van der Waals surface area contributed by atoms with E-state index in [2.05, 4.69) is 10.2 Å². The van der Waals surface area contributed by atoms with Gasteiger partial charge in [0.15, 0.2) is 0 Å². The van der Waals surface area contributed by atoms with Crippen LogP contribution in [0.25, 0.3) is 0 Å². The molecular weight excluding hydrogens is 438 g/mol. The summed E-state index contributed by atoms with van der Waals surface area (Å²) in [4.78, 5) is 35.0. The van der Waals surface area contributed by atoms with Gasteiger partial charge in [0.2, 0.25) is 11.8 Å². The van der Waals surface area contributed by atoms with Gasteiger partial charge in [0.1, 0.15) is 24.3 Å². The first-order chi connectivity index (χ1) is 16.3. The van der Waals surface area contributed by atoms with Crippen LogP contribution in [0, 0.1) is 0 Å². The van der Waals surface area contributed by atoms with Crippen molar-refractivity contribution in [3.05, 3.63) is 47.7 Å². The SMILES string of the molecule is CC(C)(C)OC(=O)N1CCC[C@H]1c1nnc([C@@H]2CCC3CN2C(=O)N3OCc2ccccc2)o1. The monoisotopic (exact) mass is 469 g/mol. The Morgan fingerprint density at radius 2 is 1.82 bits per heavy atom. The van der Waals surface area contributed by atoms with Gasteiger partial charge in [-0.1, -0.05) is 30.3 Å². The number of ether oxygens (including phenoxy) is 1. The number of amides is 3. The molecular formula is C24H31N5O5. The van der Waals surface area contributed by atoms with Crippen LogP contribution in [0.5, 0.6) is 0 Å². The molecule has 0 N–H and O–H groups in total. The zero-order valence-corrected chi connectivity index (χ0v) is 19.8. The fraction of sp³-hybridized carbons (Fsp3) is 0.583. The van der Waals surface area contributed by atoms with Crippen molar-refractivity contribution in [1.29, 1.82) is 0 Å². The highest BCUT2D eigenvalue weighted by Crippen LogP contribution is 2.40. The number of carbonyl (C=O) groups excluding carboxylic acids is 2. The second-order valence-electron chi connectivity index (χ2n) is 10.1. The molecule has 3 atom stereocenters. The Bertz CT molecular complexity index is 1040. The minimum absolute atomic E-state index is 0.00680. The maximum absolute atomic E-state index is 13.1. The zero-order valence-electron chi connectivity index (χ0n) is 19.8. The van der Waals surface area contributed by atoms with E-state index in [4.69, 9.17) is 14.0 Å². The number of benzene rings is 1. The summed E-state index contributed by atoms with van der Waals surface area (Å²) in [7, 11) is 0. The number of fused-ring (bicyclic) bond motifs is 2. The summed E-state index contributed by atoms with van der Waals surface area (Å²) in [5.41, 5.74) is 0.434. The first-order valence-corrected chi connectivity index (χ1v) is 11.9. The molecule has 10 heteroatoms. The molecule has 3 amide bonds. The van der Waals surface area contributed by atoms with Crippen LogP contribution in [0.3, 0.4) is 0 Å². The second kappa shape index (κ2) is 8.90. The van der Waals surface area contributed by atoms with Crippen molar-refractivity contribution >= 4 is 12.1 Å². The summed E-state index contributed by atoms with van der Waals surface area (Å²) in [6, 6.07) is 9.00. The standard InChI is InChI=1S/C24H31N5O5/c1-24(2,3)34-23(31)27-13-7-10-18(27)20-25-26-21(33-20)19-12-11-17-14-28(19)22(30)29(17)32-15-16-8-5-4-6-9-16/h4-6,8-9,17-19H,7,10-15H2,1-3H3/t17?,18-,19-/m0/s1. The van der Waals surface area contributed by atoms with Crippen molar-refractivity contribution in [2.45, 2.75) is 76.8 Å². The van der Waals surface area contributed by atoms with E-state index in [9.17, 15) is 9.59 Å². The highest BCUT2D eigenvalue weighted by Gasteiger charge is 2.48. The van der Waals surface area contributed by atoms with Crippen molar-refractivity contribution < 1.29 is 23.6 Å². The number of likely N-dealkylation sites (tertiary alicyclic amines) is 1. The highest BCUT2D eigenvalue weighted by molar-refractivity contribution is 5.77. The average molecular weight is 470 g/mol. The van der Waals surface area contributed by atoms with Gasteiger partial charge >= 0.3 is 12.1 Å². The van der Waals surface area contributed by atoms with Gasteiger partial charge in [-0.15, -0.1) is 10.2 Å². The van der Waals surface area contributed by atoms with Crippen molar-refractivity contribution in [2.24, 2.45) is 0 Å². The Kier molecular flexibility index (Phi) is 5.93. The summed E-state index contributed by atoms with van der Waals surface area (Å²) < 4.78 is 11.6. The number of piperidine rings is 1. The first kappa shape index (κ1) is 22.6. The topological polar surface area (TPSA) is 101 Å². The minimum Gasteiger partial charge on any atom is -0.444 e. The molecule has 0 aliphatic carbocycles. The number of carbonyl (C=O) groups is 2. The molecule has 2 bridgehead atoms. The molecule has 3 aliphatic rings. The Labute approximate surface area is 198 Å². The van der Waals surface area contributed by atoms with Crippen LogP contribution in [0.15, 0.2) is 34.7 Å². The number of urea groups is 1. The molecule has 182 valence electrons. The predicted octanol–water partition coefficient (Wildman–Crippen LogP) is 4.21. The number of rotatable bonds is 5. The lowest BCUT2D eigenvalue weighted by Crippen LogP contribution is -2.36. The van der Waals surface area contributed by atoms with Gasteiger partial charge in [-0.3, -0.25) is 9.74 Å². The number of hydrogen-bond acceptors (Lipinski definition) is 7. The molecule has 2 aromatic rings. The summed E-state index contributed by atoms with van der Waals surface area (Å²) in [5.74, 6) is 0.798. The molecule has 1 aromatic heterocycles. The molecule has 0 spiro atoms. The smallest absolute Gasteiger partial charge is 0.410 e. The van der Waals surface area contributed by atoms with Gasteiger partial charge in [-0.2, -0.15) is 5.06 Å². The number of aromatic nitrogens is 2. The van der Waals surface area contributed by atoms with E-state index < -0.39 is 5.60 Å². The van der Waals surface area contributed by atoms with Gasteiger partial charge in [-0.05, 0) is 52.0 Å². The molecule has 1 unspecified atom stereocenters. The van der Waals surface area contributed by atoms with Gasteiger partial charge in [0, 0.05) is 13.1 Å². The van der Waals surface area contributed by atoms with E-state index in [0.717, 1.165) is 24.8 Å². The van der Waals surface area contributed by atoms with Crippen LogP contribution in [-0.4, -0.2) is 61.9 Å². The number of hydroxylamine groups is 2. The van der Waals surface area contributed by atoms with E-state index in [1.54, 1.807) is 9.80 Å². The maximum atomic E-state index is 13.1. The van der Waals surface area contributed by atoms with Crippen molar-refractivity contribution in [3.8, 4) is 0 Å². The predicted molar refractivity (Wildman–Crippen MR) is 120 cm³/mol. The largest absolute Gasteiger partial charge is 0.444 e. The molecule has 3 fully saturated rings. The molecule has 4 heterocycles. The molecule has 1 aromatic carbocycles. The average Bonchev–Trinajstić information content (AvgIpc) is 3.52. The van der Waals surface area contributed by atoms with Gasteiger partial charge in [-0.25, -0.2) is 9.59 Å². The van der Waals surface area contributed by atoms with Crippen molar-refractivity contribution in [1.82, 2.24) is 25.1 Å². The highest BCUT2D eigenvalue weighted by atomic mass is 16.7. The lowest BCUT2D eigenvalue weighted by atomic mass is 10.0. The summed E-state index contributed by atoms with van der Waals surface area (Å²) in [6.07, 6.45) is 2.69. The van der Waals surface area contributed by atoms with E-state index in [1.807, 2.05) is 51.1 Å². The van der Waals surface area contributed by atoms with Gasteiger partial charge in [0.25, 0.3) is 0 Å². The van der Waals surface area contributed by atoms with E-state index in [0.29, 0.717) is 37.9 Å². The normalized spacial score (nSPS) is 24.7. The van der Waals surface area contributed by atoms with E-state index >= 15 is 0 Å². The zero-order chi connectivity index (χ0) is 23.9. The molecule has 0 saturated carbocycles. The fourth-order valence-electron chi connectivity index (χ4n) is 4.85. The molecule has 10 nitrogen and oxygen atoms in total. The van der Waals surface area contributed by atoms with Crippen LogP contribution >= 0.6 is 0 Å². The lowest BCUT2D eigenvalue weighted by molar-refractivity contribution is -0.140. The minimum atomic E-state index is -0.576. The molecule has 5 rings (SSSR count).